The van der Waals surface area contributed by atoms with Crippen LogP contribution in [-0.4, -0.2) is 37.3 Å². The third-order valence-corrected chi connectivity index (χ3v) is 5.81. The molecule has 1 heterocycles. The van der Waals surface area contributed by atoms with E-state index in [1.807, 2.05) is 42.7 Å². The van der Waals surface area contributed by atoms with Crippen LogP contribution in [0.2, 0.25) is 0 Å². The zero-order valence-corrected chi connectivity index (χ0v) is 19.1. The number of rotatable bonds is 10. The monoisotopic (exact) mass is 468 g/mol. The number of carbonyl (C=O) groups is 2. The first-order valence-electron chi connectivity index (χ1n) is 10.4. The van der Waals surface area contributed by atoms with Crippen LogP contribution in [0.5, 0.6) is 0 Å². The fourth-order valence-corrected chi connectivity index (χ4v) is 3.98. The second-order valence-electron chi connectivity index (χ2n) is 6.98. The lowest BCUT2D eigenvalue weighted by molar-refractivity contribution is -0.384. The molecule has 0 saturated carbocycles. The number of amides is 2. The van der Waals surface area contributed by atoms with Gasteiger partial charge in [0.1, 0.15) is 0 Å². The number of non-ortho nitro benzene ring substituents is 1. The van der Waals surface area contributed by atoms with E-state index in [9.17, 15) is 19.7 Å². The highest BCUT2D eigenvalue weighted by atomic mass is 32.2. The molecule has 0 radical (unpaired) electrons. The molecule has 0 aliphatic heterocycles. The zero-order chi connectivity index (χ0) is 23.8. The lowest BCUT2D eigenvalue weighted by Crippen LogP contribution is -2.25. The molecular formula is C22H24N6O4S. The van der Waals surface area contributed by atoms with Gasteiger partial charge in [-0.1, -0.05) is 43.0 Å². The topological polar surface area (TPSA) is 132 Å². The van der Waals surface area contributed by atoms with Crippen molar-refractivity contribution in [3.8, 4) is 0 Å². The molecule has 2 N–H and O–H groups in total. The molecule has 10 nitrogen and oxygen atoms in total. The summed E-state index contributed by atoms with van der Waals surface area (Å²) in [4.78, 5) is 35.2. The van der Waals surface area contributed by atoms with Crippen LogP contribution in [0.1, 0.15) is 35.6 Å². The maximum absolute atomic E-state index is 12.4. The molecule has 1 aromatic heterocycles. The van der Waals surface area contributed by atoms with Crippen molar-refractivity contribution < 1.29 is 14.5 Å². The summed E-state index contributed by atoms with van der Waals surface area (Å²) in [7, 11) is 0. The van der Waals surface area contributed by atoms with Gasteiger partial charge in [-0.25, -0.2) is 0 Å². The van der Waals surface area contributed by atoms with Gasteiger partial charge in [-0.15, -0.1) is 10.2 Å². The Morgan fingerprint density at radius 3 is 2.64 bits per heavy atom. The van der Waals surface area contributed by atoms with Crippen molar-refractivity contribution in [2.75, 3.05) is 11.1 Å². The third-order valence-electron chi connectivity index (χ3n) is 4.84. The molecular weight excluding hydrogens is 444 g/mol. The Bertz CT molecular complexity index is 1160. The minimum atomic E-state index is -0.551. The third kappa shape index (κ3) is 6.16. The predicted octanol–water partition coefficient (Wildman–Crippen LogP) is 3.43. The van der Waals surface area contributed by atoms with Crippen molar-refractivity contribution in [2.24, 2.45) is 0 Å². The van der Waals surface area contributed by atoms with Gasteiger partial charge in [0, 0.05) is 29.9 Å². The Balaban J connectivity index is 1.59. The molecule has 3 aromatic rings. The van der Waals surface area contributed by atoms with Gasteiger partial charge in [-0.2, -0.15) is 0 Å². The van der Waals surface area contributed by atoms with Crippen LogP contribution < -0.4 is 10.6 Å². The molecule has 0 bridgehead atoms. The number of nitrogens with one attached hydrogen (secondary N) is 2. The summed E-state index contributed by atoms with van der Waals surface area (Å²) in [6.07, 6.45) is 0.819. The second-order valence-corrected chi connectivity index (χ2v) is 7.92. The zero-order valence-electron chi connectivity index (χ0n) is 18.3. The smallest absolute Gasteiger partial charge is 0.270 e. The second kappa shape index (κ2) is 11.2. The molecule has 2 amide bonds. The number of hydrogen-bond acceptors (Lipinski definition) is 7. The predicted molar refractivity (Wildman–Crippen MR) is 125 cm³/mol. The molecule has 0 aliphatic rings. The SMILES string of the molecule is CCc1ccccc1NC(=O)CSc1nnc(CNC(=O)c2cccc([N+](=O)[O-])c2)n1CC. The Morgan fingerprint density at radius 2 is 1.91 bits per heavy atom. The summed E-state index contributed by atoms with van der Waals surface area (Å²) in [6, 6.07) is 13.2. The Kier molecular flexibility index (Phi) is 8.14. The normalized spacial score (nSPS) is 10.6. The molecule has 33 heavy (non-hydrogen) atoms. The Hall–Kier alpha value is -3.73. The van der Waals surface area contributed by atoms with Gasteiger partial charge in [0.05, 0.1) is 17.2 Å². The maximum atomic E-state index is 12.4. The lowest BCUT2D eigenvalue weighted by Gasteiger charge is -2.10. The summed E-state index contributed by atoms with van der Waals surface area (Å²) in [5, 5.41) is 25.4. The van der Waals surface area contributed by atoms with Crippen LogP contribution in [0.4, 0.5) is 11.4 Å². The molecule has 0 atom stereocenters. The number of nitro benzene ring substituents is 1. The van der Waals surface area contributed by atoms with Crippen LogP contribution in [0.3, 0.4) is 0 Å². The highest BCUT2D eigenvalue weighted by Crippen LogP contribution is 2.20. The van der Waals surface area contributed by atoms with Crippen molar-refractivity contribution >= 4 is 35.0 Å². The molecule has 0 aliphatic carbocycles. The number of thioether (sulfide) groups is 1. The summed E-state index contributed by atoms with van der Waals surface area (Å²) in [6.45, 7) is 4.59. The van der Waals surface area contributed by atoms with Gasteiger partial charge < -0.3 is 15.2 Å². The van der Waals surface area contributed by atoms with Crippen LogP contribution >= 0.6 is 11.8 Å². The van der Waals surface area contributed by atoms with Gasteiger partial charge >= 0.3 is 0 Å². The minimum absolute atomic E-state index is 0.0962. The van der Waals surface area contributed by atoms with Gasteiger partial charge in [0.25, 0.3) is 11.6 Å². The summed E-state index contributed by atoms with van der Waals surface area (Å²) < 4.78 is 1.81. The van der Waals surface area contributed by atoms with E-state index in [2.05, 4.69) is 20.8 Å². The van der Waals surface area contributed by atoms with Gasteiger partial charge in [-0.3, -0.25) is 19.7 Å². The van der Waals surface area contributed by atoms with Crippen molar-refractivity contribution in [1.29, 1.82) is 0 Å². The van der Waals surface area contributed by atoms with Crippen LogP contribution in [0, 0.1) is 10.1 Å². The Labute approximate surface area is 194 Å². The van der Waals surface area contributed by atoms with Crippen molar-refractivity contribution in [1.82, 2.24) is 20.1 Å². The molecule has 11 heteroatoms. The fourth-order valence-electron chi connectivity index (χ4n) is 3.16. The molecule has 2 aromatic carbocycles. The fraction of sp³-hybridized carbons (Fsp3) is 0.273. The first-order valence-corrected chi connectivity index (χ1v) is 11.4. The van der Waals surface area contributed by atoms with E-state index in [4.69, 9.17) is 0 Å². The number of nitro groups is 1. The van der Waals surface area contributed by atoms with Crippen LogP contribution in [-0.2, 0) is 24.3 Å². The van der Waals surface area contributed by atoms with Crippen LogP contribution in [0.15, 0.2) is 53.7 Å². The highest BCUT2D eigenvalue weighted by molar-refractivity contribution is 7.99. The quantitative estimate of drug-likeness (QED) is 0.265. The maximum Gasteiger partial charge on any atom is 0.270 e. The van der Waals surface area contributed by atoms with Gasteiger partial charge in [-0.05, 0) is 31.0 Å². The minimum Gasteiger partial charge on any atom is -0.345 e. The number of aryl methyl sites for hydroxylation is 1. The van der Waals surface area contributed by atoms with E-state index >= 15 is 0 Å². The standard InChI is InChI=1S/C22H24N6O4S/c1-3-15-8-5-6-11-18(15)24-20(29)14-33-22-26-25-19(27(22)4-2)13-23-21(30)16-9-7-10-17(12-16)28(31)32/h5-12H,3-4,13-14H2,1-2H3,(H,23,30)(H,24,29). The largest absolute Gasteiger partial charge is 0.345 e. The number of carbonyl (C=O) groups excluding carboxylic acids is 2. The van der Waals surface area contributed by atoms with Crippen LogP contribution in [0.25, 0.3) is 0 Å². The number of para-hydroxylation sites is 1. The van der Waals surface area contributed by atoms with E-state index in [0.717, 1.165) is 17.7 Å². The van der Waals surface area contributed by atoms with E-state index in [-0.39, 0.29) is 29.5 Å². The van der Waals surface area contributed by atoms with Gasteiger partial charge in [0.15, 0.2) is 11.0 Å². The van der Waals surface area contributed by atoms with Crippen molar-refractivity contribution in [3.63, 3.8) is 0 Å². The van der Waals surface area contributed by atoms with Gasteiger partial charge in [0.2, 0.25) is 5.91 Å². The van der Waals surface area contributed by atoms with E-state index < -0.39 is 10.8 Å². The molecule has 0 fully saturated rings. The number of hydrogen-bond donors (Lipinski definition) is 2. The van der Waals surface area contributed by atoms with E-state index in [1.54, 1.807) is 0 Å². The molecule has 3 rings (SSSR count). The molecule has 0 saturated heterocycles. The van der Waals surface area contributed by atoms with Crippen molar-refractivity contribution in [3.05, 3.63) is 75.6 Å². The molecule has 0 unspecified atom stereocenters. The number of anilines is 1. The summed E-state index contributed by atoms with van der Waals surface area (Å²) >= 11 is 1.26. The lowest BCUT2D eigenvalue weighted by atomic mass is 10.1. The first kappa shape index (κ1) is 23.9. The number of nitrogens with zero attached hydrogens (tertiary/aromatic N) is 4. The number of benzene rings is 2. The summed E-state index contributed by atoms with van der Waals surface area (Å²) in [5.41, 5.74) is 1.89. The molecule has 172 valence electrons. The van der Waals surface area contributed by atoms with E-state index in [0.29, 0.717) is 17.5 Å². The van der Waals surface area contributed by atoms with E-state index in [1.165, 1.54) is 36.0 Å². The first-order chi connectivity index (χ1) is 15.9. The average Bonchev–Trinajstić information content (AvgIpc) is 3.23. The van der Waals surface area contributed by atoms with Crippen molar-refractivity contribution in [2.45, 2.75) is 38.5 Å². The molecule has 0 spiro atoms. The average molecular weight is 469 g/mol. The summed E-state index contributed by atoms with van der Waals surface area (Å²) in [5.74, 6) is 0.0890. The Morgan fingerprint density at radius 1 is 1.12 bits per heavy atom. The number of aromatic nitrogens is 3. The highest BCUT2D eigenvalue weighted by Gasteiger charge is 2.16.